The highest BCUT2D eigenvalue weighted by Gasteiger charge is 2.16. The van der Waals surface area contributed by atoms with Crippen molar-refractivity contribution in [2.75, 3.05) is 0 Å². The molecule has 1 fully saturated rings. The van der Waals surface area contributed by atoms with Crippen LogP contribution in [0.25, 0.3) is 0 Å². The Balaban J connectivity index is 2.28. The standard InChI is InChI=1S/C13H18O2S/c1-10-7-12(9-13(8-10)16(14)15)11-5-3-2-4-6-11/h7-9,11H,2-6H2,1H3,(H,14,15). The normalized spacial score (nSPS) is 19.6. The zero-order valence-corrected chi connectivity index (χ0v) is 10.4. The SMILES string of the molecule is Cc1cc(C2CCCCC2)cc(S(=O)O)c1. The zero-order chi connectivity index (χ0) is 11.5. The van der Waals surface area contributed by atoms with Crippen LogP contribution in [0.2, 0.25) is 0 Å². The molecule has 0 spiro atoms. The third kappa shape index (κ3) is 2.71. The van der Waals surface area contributed by atoms with E-state index >= 15 is 0 Å². The Kier molecular flexibility index (Phi) is 3.77. The summed E-state index contributed by atoms with van der Waals surface area (Å²) in [6, 6.07) is 5.86. The molecule has 2 rings (SSSR count). The lowest BCUT2D eigenvalue weighted by molar-refractivity contribution is 0.443. The van der Waals surface area contributed by atoms with E-state index < -0.39 is 11.1 Å². The van der Waals surface area contributed by atoms with Crippen molar-refractivity contribution >= 4 is 11.1 Å². The van der Waals surface area contributed by atoms with Crippen molar-refractivity contribution in [1.82, 2.24) is 0 Å². The van der Waals surface area contributed by atoms with E-state index in [1.165, 1.54) is 37.7 Å². The van der Waals surface area contributed by atoms with Crippen molar-refractivity contribution in [3.8, 4) is 0 Å². The Morgan fingerprint density at radius 3 is 2.50 bits per heavy atom. The number of benzene rings is 1. The van der Waals surface area contributed by atoms with Crippen LogP contribution >= 0.6 is 0 Å². The van der Waals surface area contributed by atoms with E-state index in [9.17, 15) is 4.21 Å². The van der Waals surface area contributed by atoms with Gasteiger partial charge in [0.1, 0.15) is 0 Å². The van der Waals surface area contributed by atoms with E-state index in [1.807, 2.05) is 13.0 Å². The topological polar surface area (TPSA) is 37.3 Å². The Morgan fingerprint density at radius 1 is 1.19 bits per heavy atom. The maximum Gasteiger partial charge on any atom is 0.186 e. The molecule has 3 heteroatoms. The number of rotatable bonds is 2. The van der Waals surface area contributed by atoms with Crippen LogP contribution in [0.5, 0.6) is 0 Å². The molecule has 1 saturated carbocycles. The highest BCUT2D eigenvalue weighted by molar-refractivity contribution is 7.79. The van der Waals surface area contributed by atoms with Crippen LogP contribution < -0.4 is 0 Å². The lowest BCUT2D eigenvalue weighted by atomic mass is 9.84. The molecule has 1 aliphatic carbocycles. The van der Waals surface area contributed by atoms with E-state index in [0.29, 0.717) is 10.8 Å². The van der Waals surface area contributed by atoms with Gasteiger partial charge in [0.05, 0.1) is 4.90 Å². The molecular formula is C13H18O2S. The fourth-order valence-corrected chi connectivity index (χ4v) is 3.07. The second kappa shape index (κ2) is 5.11. The first kappa shape index (κ1) is 11.8. The summed E-state index contributed by atoms with van der Waals surface area (Å²) >= 11 is -1.85. The fourth-order valence-electron chi connectivity index (χ4n) is 2.55. The van der Waals surface area contributed by atoms with Crippen LogP contribution in [-0.2, 0) is 11.1 Å². The first-order valence-corrected chi connectivity index (χ1v) is 7.00. The van der Waals surface area contributed by atoms with Gasteiger partial charge < -0.3 is 4.55 Å². The van der Waals surface area contributed by atoms with Crippen LogP contribution in [0.15, 0.2) is 23.1 Å². The monoisotopic (exact) mass is 238 g/mol. The largest absolute Gasteiger partial charge is 0.302 e. The van der Waals surface area contributed by atoms with Crippen LogP contribution in [0.4, 0.5) is 0 Å². The predicted octanol–water partition coefficient (Wildman–Crippen LogP) is 3.62. The number of aryl methyl sites for hydroxylation is 1. The molecule has 0 saturated heterocycles. The molecule has 1 unspecified atom stereocenters. The fraction of sp³-hybridized carbons (Fsp3) is 0.538. The van der Waals surface area contributed by atoms with Gasteiger partial charge in [-0.25, -0.2) is 4.21 Å². The van der Waals surface area contributed by atoms with Crippen molar-refractivity contribution in [2.45, 2.75) is 49.8 Å². The molecule has 1 atom stereocenters. The highest BCUT2D eigenvalue weighted by Crippen LogP contribution is 2.33. The van der Waals surface area contributed by atoms with Crippen molar-refractivity contribution in [3.05, 3.63) is 29.3 Å². The second-order valence-corrected chi connectivity index (χ2v) is 5.63. The zero-order valence-electron chi connectivity index (χ0n) is 9.61. The smallest absolute Gasteiger partial charge is 0.186 e. The van der Waals surface area contributed by atoms with Gasteiger partial charge in [-0.2, -0.15) is 0 Å². The van der Waals surface area contributed by atoms with Gasteiger partial charge in [0, 0.05) is 0 Å². The van der Waals surface area contributed by atoms with Gasteiger partial charge in [0.25, 0.3) is 0 Å². The summed E-state index contributed by atoms with van der Waals surface area (Å²) in [6.45, 7) is 1.99. The van der Waals surface area contributed by atoms with Gasteiger partial charge >= 0.3 is 0 Å². The first-order chi connectivity index (χ1) is 7.66. The average molecular weight is 238 g/mol. The van der Waals surface area contributed by atoms with Gasteiger partial charge in [-0.15, -0.1) is 0 Å². The van der Waals surface area contributed by atoms with E-state index in [0.717, 1.165) is 5.56 Å². The average Bonchev–Trinajstić information content (AvgIpc) is 2.29. The van der Waals surface area contributed by atoms with Gasteiger partial charge in [-0.1, -0.05) is 25.3 Å². The minimum atomic E-state index is -1.85. The quantitative estimate of drug-likeness (QED) is 0.799. The minimum absolute atomic E-state index is 0.542. The van der Waals surface area contributed by atoms with Gasteiger partial charge in [0.2, 0.25) is 0 Å². The molecule has 1 aromatic rings. The molecule has 88 valence electrons. The van der Waals surface area contributed by atoms with Gasteiger partial charge in [-0.3, -0.25) is 0 Å². The third-order valence-corrected chi connectivity index (χ3v) is 3.99. The molecule has 1 N–H and O–H groups in total. The molecule has 0 aromatic heterocycles. The first-order valence-electron chi connectivity index (χ1n) is 5.89. The maximum absolute atomic E-state index is 11.1. The molecule has 0 aliphatic heterocycles. The van der Waals surface area contributed by atoms with E-state index in [1.54, 1.807) is 6.07 Å². The van der Waals surface area contributed by atoms with Crippen LogP contribution in [0.1, 0.15) is 49.1 Å². The van der Waals surface area contributed by atoms with Gasteiger partial charge in [0.15, 0.2) is 11.1 Å². The molecule has 0 heterocycles. The molecule has 16 heavy (non-hydrogen) atoms. The molecule has 0 amide bonds. The molecule has 1 aliphatic rings. The molecular weight excluding hydrogens is 220 g/mol. The summed E-state index contributed by atoms with van der Waals surface area (Å²) in [6.07, 6.45) is 6.36. The Labute approximate surface area is 99.4 Å². The van der Waals surface area contributed by atoms with Crippen molar-refractivity contribution in [1.29, 1.82) is 0 Å². The molecule has 1 aromatic carbocycles. The van der Waals surface area contributed by atoms with Crippen molar-refractivity contribution < 1.29 is 8.76 Å². The maximum atomic E-state index is 11.1. The summed E-state index contributed by atoms with van der Waals surface area (Å²) in [7, 11) is 0. The van der Waals surface area contributed by atoms with E-state index in [4.69, 9.17) is 4.55 Å². The lowest BCUT2D eigenvalue weighted by Crippen LogP contribution is -2.05. The summed E-state index contributed by atoms with van der Waals surface area (Å²) < 4.78 is 20.2. The Bertz CT molecular complexity index is 395. The molecule has 0 bridgehead atoms. The third-order valence-electron chi connectivity index (χ3n) is 3.35. The Hall–Kier alpha value is -0.670. The Morgan fingerprint density at radius 2 is 1.88 bits per heavy atom. The van der Waals surface area contributed by atoms with Crippen molar-refractivity contribution in [3.63, 3.8) is 0 Å². The molecule has 0 radical (unpaired) electrons. The van der Waals surface area contributed by atoms with Crippen LogP contribution in [-0.4, -0.2) is 8.76 Å². The lowest BCUT2D eigenvalue weighted by Gasteiger charge is -2.22. The van der Waals surface area contributed by atoms with E-state index in [2.05, 4.69) is 6.07 Å². The molecule has 2 nitrogen and oxygen atoms in total. The van der Waals surface area contributed by atoms with Crippen LogP contribution in [0, 0.1) is 6.92 Å². The van der Waals surface area contributed by atoms with Gasteiger partial charge in [-0.05, 0) is 48.9 Å². The summed E-state index contributed by atoms with van der Waals surface area (Å²) in [4.78, 5) is 0.542. The highest BCUT2D eigenvalue weighted by atomic mass is 32.2. The number of hydrogen-bond acceptors (Lipinski definition) is 1. The van der Waals surface area contributed by atoms with Crippen molar-refractivity contribution in [2.24, 2.45) is 0 Å². The summed E-state index contributed by atoms with van der Waals surface area (Å²) in [5.74, 6) is 0.593. The van der Waals surface area contributed by atoms with E-state index in [-0.39, 0.29) is 0 Å². The summed E-state index contributed by atoms with van der Waals surface area (Å²) in [5.41, 5.74) is 2.33. The predicted molar refractivity (Wildman–Crippen MR) is 66.0 cm³/mol. The summed E-state index contributed by atoms with van der Waals surface area (Å²) in [5, 5.41) is 0. The minimum Gasteiger partial charge on any atom is -0.302 e. The second-order valence-electron chi connectivity index (χ2n) is 4.66. The van der Waals surface area contributed by atoms with Crippen LogP contribution in [0.3, 0.4) is 0 Å². The number of hydrogen-bond donors (Lipinski definition) is 1.